The molecule has 0 N–H and O–H groups in total. The van der Waals surface area contributed by atoms with Crippen molar-refractivity contribution in [3.8, 4) is 0 Å². The number of carbonyl (C=O) groups excluding carboxylic acids is 1. The van der Waals surface area contributed by atoms with Gasteiger partial charge in [0.2, 0.25) is 0 Å². The largest absolute Gasteiger partial charge is 0.383 e. The number of halogens is 1. The summed E-state index contributed by atoms with van der Waals surface area (Å²) in [4.78, 5) is 14.3. The van der Waals surface area contributed by atoms with Gasteiger partial charge in [-0.15, -0.1) is 0 Å². The van der Waals surface area contributed by atoms with Crippen LogP contribution in [0.3, 0.4) is 0 Å². The summed E-state index contributed by atoms with van der Waals surface area (Å²) in [6.45, 7) is 1.26. The molecule has 0 bridgehead atoms. The lowest BCUT2D eigenvalue weighted by Gasteiger charge is -2.22. The van der Waals surface area contributed by atoms with E-state index in [0.29, 0.717) is 19.2 Å². The number of ether oxygens (including phenoxy) is 1. The minimum atomic E-state index is 0.0945. The topological polar surface area (TPSA) is 29.5 Å². The highest BCUT2D eigenvalue weighted by Crippen LogP contribution is 2.29. The van der Waals surface area contributed by atoms with E-state index < -0.39 is 0 Å². The summed E-state index contributed by atoms with van der Waals surface area (Å²) in [5.74, 6) is 0.0945. The van der Waals surface area contributed by atoms with E-state index in [4.69, 9.17) is 4.74 Å². The quantitative estimate of drug-likeness (QED) is 0.836. The predicted molar refractivity (Wildman–Crippen MR) is 70.1 cm³/mol. The zero-order valence-corrected chi connectivity index (χ0v) is 11.4. The molecule has 1 aromatic carbocycles. The molecular weight excluding hydrogens is 282 g/mol. The number of amides is 1. The Labute approximate surface area is 110 Å². The molecule has 0 aliphatic heterocycles. The summed E-state index contributed by atoms with van der Waals surface area (Å²) in [5, 5.41) is 0. The Bertz CT molecular complexity index is 404. The van der Waals surface area contributed by atoms with Gasteiger partial charge < -0.3 is 9.64 Å². The highest BCUT2D eigenvalue weighted by atomic mass is 79.9. The molecular formula is C13H16BrNO2. The number of carbonyl (C=O) groups is 1. The first-order valence-electron chi connectivity index (χ1n) is 5.78. The molecule has 1 fully saturated rings. The van der Waals surface area contributed by atoms with Crippen LogP contribution in [0.5, 0.6) is 0 Å². The summed E-state index contributed by atoms with van der Waals surface area (Å²) >= 11 is 3.42. The zero-order chi connectivity index (χ0) is 12.3. The molecule has 3 nitrogen and oxygen atoms in total. The average Bonchev–Trinajstić information content (AvgIpc) is 3.14. The Morgan fingerprint density at radius 2 is 2.18 bits per heavy atom. The predicted octanol–water partition coefficient (Wildman–Crippen LogP) is 2.70. The minimum absolute atomic E-state index is 0.0945. The lowest BCUT2D eigenvalue weighted by molar-refractivity contribution is 0.0679. The molecule has 0 aromatic heterocycles. The molecule has 0 radical (unpaired) electrons. The molecule has 0 heterocycles. The Hall–Kier alpha value is -0.870. The Morgan fingerprint density at radius 3 is 2.76 bits per heavy atom. The van der Waals surface area contributed by atoms with E-state index >= 15 is 0 Å². The van der Waals surface area contributed by atoms with Crippen LogP contribution in [0, 0.1) is 0 Å². The third kappa shape index (κ3) is 3.07. The van der Waals surface area contributed by atoms with Gasteiger partial charge >= 0.3 is 0 Å². The number of nitrogens with zero attached hydrogens (tertiary/aromatic N) is 1. The van der Waals surface area contributed by atoms with E-state index in [1.165, 1.54) is 0 Å². The fourth-order valence-electron chi connectivity index (χ4n) is 1.82. The maximum Gasteiger partial charge on any atom is 0.255 e. The summed E-state index contributed by atoms with van der Waals surface area (Å²) in [5.41, 5.74) is 0.732. The van der Waals surface area contributed by atoms with Crippen LogP contribution < -0.4 is 0 Å². The fraction of sp³-hybridized carbons (Fsp3) is 0.462. The fourth-order valence-corrected chi connectivity index (χ4v) is 2.27. The van der Waals surface area contributed by atoms with E-state index in [-0.39, 0.29) is 5.91 Å². The SMILES string of the molecule is COCCN(C(=O)c1ccccc1Br)C1CC1. The molecule has 1 aliphatic rings. The van der Waals surface area contributed by atoms with Crippen LogP contribution in [0.25, 0.3) is 0 Å². The number of hydrogen-bond acceptors (Lipinski definition) is 2. The molecule has 1 aromatic rings. The second-order valence-electron chi connectivity index (χ2n) is 4.20. The lowest BCUT2D eigenvalue weighted by Crippen LogP contribution is -2.36. The van der Waals surface area contributed by atoms with Gasteiger partial charge in [-0.3, -0.25) is 4.79 Å². The van der Waals surface area contributed by atoms with Crippen molar-refractivity contribution in [2.24, 2.45) is 0 Å². The molecule has 2 rings (SSSR count). The Balaban J connectivity index is 2.13. The molecule has 0 saturated heterocycles. The molecule has 4 heteroatoms. The smallest absolute Gasteiger partial charge is 0.255 e. The van der Waals surface area contributed by atoms with E-state index in [1.807, 2.05) is 29.2 Å². The number of benzene rings is 1. The first-order chi connectivity index (χ1) is 8.24. The lowest BCUT2D eigenvalue weighted by atomic mass is 10.2. The monoisotopic (exact) mass is 297 g/mol. The maximum atomic E-state index is 12.4. The highest BCUT2D eigenvalue weighted by Gasteiger charge is 2.33. The molecule has 1 aliphatic carbocycles. The first kappa shape index (κ1) is 12.6. The first-order valence-corrected chi connectivity index (χ1v) is 6.57. The second kappa shape index (κ2) is 5.65. The van der Waals surface area contributed by atoms with Crippen LogP contribution in [0.2, 0.25) is 0 Å². The van der Waals surface area contributed by atoms with Gasteiger partial charge in [-0.2, -0.15) is 0 Å². The van der Waals surface area contributed by atoms with E-state index in [1.54, 1.807) is 7.11 Å². The van der Waals surface area contributed by atoms with Gasteiger partial charge in [-0.05, 0) is 40.9 Å². The van der Waals surface area contributed by atoms with Crippen LogP contribution in [0.15, 0.2) is 28.7 Å². The van der Waals surface area contributed by atoms with Crippen molar-refractivity contribution in [1.82, 2.24) is 4.90 Å². The Kier molecular flexibility index (Phi) is 4.18. The number of hydrogen-bond donors (Lipinski definition) is 0. The molecule has 92 valence electrons. The Morgan fingerprint density at radius 1 is 1.47 bits per heavy atom. The van der Waals surface area contributed by atoms with Crippen molar-refractivity contribution in [3.05, 3.63) is 34.3 Å². The summed E-state index contributed by atoms with van der Waals surface area (Å²) in [7, 11) is 1.66. The molecule has 1 saturated carbocycles. The van der Waals surface area contributed by atoms with Crippen molar-refractivity contribution in [2.75, 3.05) is 20.3 Å². The summed E-state index contributed by atoms with van der Waals surface area (Å²) in [6, 6.07) is 7.96. The third-order valence-electron chi connectivity index (χ3n) is 2.89. The third-order valence-corrected chi connectivity index (χ3v) is 3.58. The van der Waals surface area contributed by atoms with Crippen LogP contribution >= 0.6 is 15.9 Å². The van der Waals surface area contributed by atoms with Crippen molar-refractivity contribution in [1.29, 1.82) is 0 Å². The van der Waals surface area contributed by atoms with E-state index in [0.717, 1.165) is 22.9 Å². The molecule has 1 amide bonds. The van der Waals surface area contributed by atoms with Crippen molar-refractivity contribution >= 4 is 21.8 Å². The molecule has 0 atom stereocenters. The second-order valence-corrected chi connectivity index (χ2v) is 5.06. The van der Waals surface area contributed by atoms with Gasteiger partial charge in [-0.1, -0.05) is 12.1 Å². The minimum Gasteiger partial charge on any atom is -0.383 e. The van der Waals surface area contributed by atoms with Crippen molar-refractivity contribution < 1.29 is 9.53 Å². The van der Waals surface area contributed by atoms with Crippen molar-refractivity contribution in [3.63, 3.8) is 0 Å². The zero-order valence-electron chi connectivity index (χ0n) is 9.86. The van der Waals surface area contributed by atoms with Gasteiger partial charge in [0.15, 0.2) is 0 Å². The van der Waals surface area contributed by atoms with E-state index in [2.05, 4.69) is 15.9 Å². The van der Waals surface area contributed by atoms with Gasteiger partial charge in [0.25, 0.3) is 5.91 Å². The normalized spacial score (nSPS) is 14.7. The van der Waals surface area contributed by atoms with E-state index in [9.17, 15) is 4.79 Å². The number of rotatable bonds is 5. The van der Waals surface area contributed by atoms with Gasteiger partial charge in [-0.25, -0.2) is 0 Å². The summed E-state index contributed by atoms with van der Waals surface area (Å²) < 4.78 is 5.92. The number of methoxy groups -OCH3 is 1. The standard InChI is InChI=1S/C13H16BrNO2/c1-17-9-8-15(10-6-7-10)13(16)11-4-2-3-5-12(11)14/h2-5,10H,6-9H2,1H3. The van der Waals surface area contributed by atoms with Crippen LogP contribution in [-0.4, -0.2) is 37.1 Å². The van der Waals surface area contributed by atoms with Gasteiger partial charge in [0.1, 0.15) is 0 Å². The van der Waals surface area contributed by atoms with Gasteiger partial charge in [0, 0.05) is 24.2 Å². The summed E-state index contributed by atoms with van der Waals surface area (Å²) in [6.07, 6.45) is 2.22. The molecule has 17 heavy (non-hydrogen) atoms. The maximum absolute atomic E-state index is 12.4. The molecule has 0 unspecified atom stereocenters. The van der Waals surface area contributed by atoms with Crippen LogP contribution in [0.1, 0.15) is 23.2 Å². The average molecular weight is 298 g/mol. The van der Waals surface area contributed by atoms with Crippen LogP contribution in [0.4, 0.5) is 0 Å². The van der Waals surface area contributed by atoms with Crippen molar-refractivity contribution in [2.45, 2.75) is 18.9 Å². The highest BCUT2D eigenvalue weighted by molar-refractivity contribution is 9.10. The van der Waals surface area contributed by atoms with Gasteiger partial charge in [0.05, 0.1) is 12.2 Å². The molecule has 0 spiro atoms. The van der Waals surface area contributed by atoms with Crippen LogP contribution in [-0.2, 0) is 4.74 Å².